The van der Waals surface area contributed by atoms with E-state index < -0.39 is 6.10 Å². The standard InChI is InChI=1S/C59H100O5/c1-4-7-10-13-16-19-22-25-27-28-29-30-31-33-36-39-42-45-48-51-54-62-55-57(64-59(61)53-50-47-44-41-38-34-24-21-18-15-12-9-6-3)56-63-58(60)52-49-46-43-40-37-35-32-26-23-20-17-14-11-8-5-2/h7,10,16-17,19-20,25-27,29-30,32-33,36,42,45,57H,4-6,8-9,11-15,18,21-24,28,31,34-35,37-41,43-44,46-56H2,1-3H3/b10-7-,19-16-,20-17-,27-25-,30-29-,32-26-,36-33-,45-42-. The number of hydrogen-bond donors (Lipinski definition) is 0. The summed E-state index contributed by atoms with van der Waals surface area (Å²) in [5.74, 6) is -0.444. The Hall–Kier alpha value is -3.18. The normalized spacial score (nSPS) is 13.0. The van der Waals surface area contributed by atoms with Crippen LogP contribution in [0.3, 0.4) is 0 Å². The van der Waals surface area contributed by atoms with Crippen LogP contribution in [0.4, 0.5) is 0 Å². The van der Waals surface area contributed by atoms with Gasteiger partial charge in [0.2, 0.25) is 0 Å². The number of esters is 2. The van der Waals surface area contributed by atoms with Crippen LogP contribution in [0.15, 0.2) is 97.2 Å². The first-order chi connectivity index (χ1) is 31.6. The molecule has 0 radical (unpaired) electrons. The van der Waals surface area contributed by atoms with E-state index in [1.165, 1.54) is 109 Å². The lowest BCUT2D eigenvalue weighted by Gasteiger charge is -2.18. The molecule has 0 saturated heterocycles. The van der Waals surface area contributed by atoms with E-state index in [0.29, 0.717) is 19.4 Å². The monoisotopic (exact) mass is 889 g/mol. The number of unbranched alkanes of at least 4 members (excludes halogenated alkanes) is 21. The number of carbonyl (C=O) groups is 2. The van der Waals surface area contributed by atoms with Crippen LogP contribution in [-0.4, -0.2) is 37.9 Å². The Balaban J connectivity index is 4.39. The zero-order chi connectivity index (χ0) is 46.3. The van der Waals surface area contributed by atoms with E-state index in [1.807, 2.05) is 0 Å². The van der Waals surface area contributed by atoms with Gasteiger partial charge in [-0.05, 0) is 96.3 Å². The predicted molar refractivity (Wildman–Crippen MR) is 279 cm³/mol. The summed E-state index contributed by atoms with van der Waals surface area (Å²) in [5, 5.41) is 0. The van der Waals surface area contributed by atoms with Crippen molar-refractivity contribution in [1.29, 1.82) is 0 Å². The number of allylic oxidation sites excluding steroid dienone is 16. The second-order valence-corrected chi connectivity index (χ2v) is 17.4. The third kappa shape index (κ3) is 51.5. The molecule has 0 fully saturated rings. The fourth-order valence-electron chi connectivity index (χ4n) is 7.14. The van der Waals surface area contributed by atoms with Crippen molar-refractivity contribution in [1.82, 2.24) is 0 Å². The van der Waals surface area contributed by atoms with Crippen LogP contribution in [0.5, 0.6) is 0 Å². The Morgan fingerprint density at radius 2 is 0.703 bits per heavy atom. The Labute approximate surface area is 396 Å². The minimum atomic E-state index is -0.575. The van der Waals surface area contributed by atoms with Gasteiger partial charge in [-0.15, -0.1) is 0 Å². The summed E-state index contributed by atoms with van der Waals surface area (Å²) in [7, 11) is 0. The molecular weight excluding hydrogens is 789 g/mol. The van der Waals surface area contributed by atoms with Crippen molar-refractivity contribution in [3.63, 3.8) is 0 Å². The van der Waals surface area contributed by atoms with Gasteiger partial charge in [-0.3, -0.25) is 9.59 Å². The highest BCUT2D eigenvalue weighted by Crippen LogP contribution is 2.14. The molecule has 5 nitrogen and oxygen atoms in total. The number of rotatable bonds is 48. The molecular formula is C59H100O5. The lowest BCUT2D eigenvalue weighted by molar-refractivity contribution is -0.163. The van der Waals surface area contributed by atoms with Gasteiger partial charge in [0.1, 0.15) is 6.61 Å². The molecule has 0 N–H and O–H groups in total. The maximum absolute atomic E-state index is 12.8. The molecule has 1 unspecified atom stereocenters. The molecule has 0 amide bonds. The summed E-state index contributed by atoms with van der Waals surface area (Å²) in [6, 6.07) is 0. The van der Waals surface area contributed by atoms with Crippen LogP contribution in [0.2, 0.25) is 0 Å². The molecule has 0 aromatic rings. The van der Waals surface area contributed by atoms with Crippen LogP contribution < -0.4 is 0 Å². The van der Waals surface area contributed by atoms with Crippen LogP contribution in [-0.2, 0) is 23.8 Å². The summed E-state index contributed by atoms with van der Waals surface area (Å²) in [5.41, 5.74) is 0. The van der Waals surface area contributed by atoms with Gasteiger partial charge in [-0.25, -0.2) is 0 Å². The molecule has 0 aliphatic rings. The highest BCUT2D eigenvalue weighted by atomic mass is 16.6. The van der Waals surface area contributed by atoms with Gasteiger partial charge in [0.25, 0.3) is 0 Å². The van der Waals surface area contributed by atoms with E-state index in [9.17, 15) is 9.59 Å². The molecule has 0 aliphatic carbocycles. The smallest absolute Gasteiger partial charge is 0.306 e. The van der Waals surface area contributed by atoms with E-state index >= 15 is 0 Å². The molecule has 366 valence electrons. The zero-order valence-corrected chi connectivity index (χ0v) is 42.0. The first kappa shape index (κ1) is 60.8. The molecule has 64 heavy (non-hydrogen) atoms. The van der Waals surface area contributed by atoms with Crippen LogP contribution >= 0.6 is 0 Å². The molecule has 0 aliphatic heterocycles. The minimum Gasteiger partial charge on any atom is -0.462 e. The fourth-order valence-corrected chi connectivity index (χ4v) is 7.14. The zero-order valence-electron chi connectivity index (χ0n) is 42.0. The maximum atomic E-state index is 12.8. The minimum absolute atomic E-state index is 0.0522. The SMILES string of the molecule is CC/C=C\C/C=C\C/C=C\C/C=C\C/C=C\C/C=C\CCCOCC(COC(=O)CCCCCCC/C=C\C/C=C\CCCCC)OC(=O)CCCCCCCCCCCCCCC. The molecule has 0 rings (SSSR count). The molecule has 0 heterocycles. The second-order valence-electron chi connectivity index (χ2n) is 17.4. The van der Waals surface area contributed by atoms with E-state index in [1.54, 1.807) is 0 Å². The van der Waals surface area contributed by atoms with Gasteiger partial charge in [0.15, 0.2) is 6.10 Å². The third-order valence-corrected chi connectivity index (χ3v) is 11.1. The average molecular weight is 889 g/mol. The summed E-state index contributed by atoms with van der Waals surface area (Å²) >= 11 is 0. The van der Waals surface area contributed by atoms with Gasteiger partial charge < -0.3 is 14.2 Å². The lowest BCUT2D eigenvalue weighted by Crippen LogP contribution is -2.30. The Morgan fingerprint density at radius 3 is 1.16 bits per heavy atom. The molecule has 5 heteroatoms. The maximum Gasteiger partial charge on any atom is 0.306 e. The van der Waals surface area contributed by atoms with Gasteiger partial charge in [0.05, 0.1) is 6.61 Å². The Bertz CT molecular complexity index is 1230. The second kappa shape index (κ2) is 54.2. The van der Waals surface area contributed by atoms with Gasteiger partial charge in [-0.2, -0.15) is 0 Å². The number of hydrogen-bond acceptors (Lipinski definition) is 5. The van der Waals surface area contributed by atoms with Crippen molar-refractivity contribution in [2.45, 2.75) is 245 Å². The Kier molecular flexibility index (Phi) is 51.5. The van der Waals surface area contributed by atoms with Crippen molar-refractivity contribution in [3.8, 4) is 0 Å². The van der Waals surface area contributed by atoms with Crippen molar-refractivity contribution >= 4 is 11.9 Å². The van der Waals surface area contributed by atoms with E-state index in [-0.39, 0.29) is 25.2 Å². The highest BCUT2D eigenvalue weighted by Gasteiger charge is 2.17. The van der Waals surface area contributed by atoms with Gasteiger partial charge >= 0.3 is 11.9 Å². The molecule has 0 bridgehead atoms. The van der Waals surface area contributed by atoms with Crippen LogP contribution in [0, 0.1) is 0 Å². The summed E-state index contributed by atoms with van der Waals surface area (Å²) in [4.78, 5) is 25.4. The van der Waals surface area contributed by atoms with Crippen molar-refractivity contribution < 1.29 is 23.8 Å². The van der Waals surface area contributed by atoms with E-state index in [4.69, 9.17) is 14.2 Å². The first-order valence-corrected chi connectivity index (χ1v) is 26.8. The topological polar surface area (TPSA) is 61.8 Å². The van der Waals surface area contributed by atoms with Crippen LogP contribution in [0.25, 0.3) is 0 Å². The van der Waals surface area contributed by atoms with Crippen molar-refractivity contribution in [3.05, 3.63) is 97.2 Å². The van der Waals surface area contributed by atoms with Crippen LogP contribution in [0.1, 0.15) is 239 Å². The largest absolute Gasteiger partial charge is 0.462 e. The van der Waals surface area contributed by atoms with E-state index in [2.05, 4.69) is 118 Å². The first-order valence-electron chi connectivity index (χ1n) is 26.8. The molecule has 0 saturated carbocycles. The summed E-state index contributed by atoms with van der Waals surface area (Å²) < 4.78 is 17.3. The lowest BCUT2D eigenvalue weighted by atomic mass is 10.0. The molecule has 1 atom stereocenters. The van der Waals surface area contributed by atoms with Crippen molar-refractivity contribution in [2.24, 2.45) is 0 Å². The van der Waals surface area contributed by atoms with Gasteiger partial charge in [-0.1, -0.05) is 227 Å². The highest BCUT2D eigenvalue weighted by molar-refractivity contribution is 5.70. The summed E-state index contributed by atoms with van der Waals surface area (Å²) in [6.45, 7) is 7.54. The molecule has 0 aromatic carbocycles. The van der Waals surface area contributed by atoms with E-state index in [0.717, 1.165) is 96.3 Å². The fraction of sp³-hybridized carbons (Fsp3) is 0.695. The summed E-state index contributed by atoms with van der Waals surface area (Å²) in [6.07, 6.45) is 72.8. The third-order valence-electron chi connectivity index (χ3n) is 11.1. The molecule has 0 spiro atoms. The number of carbonyl (C=O) groups excluding carboxylic acids is 2. The number of ether oxygens (including phenoxy) is 3. The quantitative estimate of drug-likeness (QED) is 0.0346. The van der Waals surface area contributed by atoms with Gasteiger partial charge in [0, 0.05) is 19.4 Å². The predicted octanol–water partition coefficient (Wildman–Crippen LogP) is 18.2. The average Bonchev–Trinajstić information content (AvgIpc) is 3.30. The molecule has 0 aromatic heterocycles. The van der Waals surface area contributed by atoms with Crippen molar-refractivity contribution in [2.75, 3.05) is 19.8 Å². The Morgan fingerprint density at radius 1 is 0.359 bits per heavy atom.